The smallest absolute Gasteiger partial charge is 0.179 e. The highest BCUT2D eigenvalue weighted by molar-refractivity contribution is 5.73. The fourth-order valence-electron chi connectivity index (χ4n) is 2.87. The number of imidazole rings is 1. The lowest BCUT2D eigenvalue weighted by molar-refractivity contribution is 0.429. The first kappa shape index (κ1) is 11.5. The predicted molar refractivity (Wildman–Crippen MR) is 72.6 cm³/mol. The quantitative estimate of drug-likeness (QED) is 0.770. The Morgan fingerprint density at radius 2 is 2.11 bits per heavy atom. The Balaban J connectivity index is 2.07. The first-order chi connectivity index (χ1) is 8.77. The van der Waals surface area contributed by atoms with Crippen molar-refractivity contribution in [2.24, 2.45) is 5.73 Å². The molecule has 0 bridgehead atoms. The normalized spacial score (nSPS) is 18.3. The molecular formula is C13H19N5. The lowest BCUT2D eigenvalue weighted by Crippen LogP contribution is -2.33. The fraction of sp³-hybridized carbons (Fsp3) is 0.538. The van der Waals surface area contributed by atoms with E-state index in [2.05, 4.69) is 20.3 Å². The Morgan fingerprint density at radius 1 is 1.33 bits per heavy atom. The minimum Gasteiger partial charge on any atom is -0.373 e. The van der Waals surface area contributed by atoms with Crippen molar-refractivity contribution < 1.29 is 0 Å². The maximum absolute atomic E-state index is 5.99. The van der Waals surface area contributed by atoms with Gasteiger partial charge >= 0.3 is 0 Å². The Kier molecular flexibility index (Phi) is 2.70. The number of pyridine rings is 1. The first-order valence-electron chi connectivity index (χ1n) is 6.52. The van der Waals surface area contributed by atoms with Gasteiger partial charge in [-0.1, -0.05) is 12.8 Å². The number of nitrogens with one attached hydrogen (secondary N) is 2. The van der Waals surface area contributed by atoms with Gasteiger partial charge in [0.15, 0.2) is 5.65 Å². The standard InChI is InChI=1S/C13H19N5/c1-15-10-5-4-9-11(17-10)18-12(16-9)13(8-14)6-2-3-7-13/h4-5H,2-3,6-8,14H2,1H3,(H2,15,16,17,18). The van der Waals surface area contributed by atoms with Crippen molar-refractivity contribution >= 4 is 17.0 Å². The van der Waals surface area contributed by atoms with Crippen molar-refractivity contribution in [1.82, 2.24) is 15.0 Å². The molecule has 0 radical (unpaired) electrons. The van der Waals surface area contributed by atoms with Crippen LogP contribution in [0.2, 0.25) is 0 Å². The van der Waals surface area contributed by atoms with Crippen LogP contribution in [-0.2, 0) is 5.41 Å². The highest BCUT2D eigenvalue weighted by atomic mass is 15.1. The first-order valence-corrected chi connectivity index (χ1v) is 6.52. The molecule has 5 heteroatoms. The number of hydrogen-bond donors (Lipinski definition) is 3. The third-order valence-electron chi connectivity index (χ3n) is 4.06. The van der Waals surface area contributed by atoms with E-state index in [4.69, 9.17) is 5.73 Å². The monoisotopic (exact) mass is 245 g/mol. The molecule has 4 N–H and O–H groups in total. The van der Waals surface area contributed by atoms with Crippen molar-refractivity contribution in [1.29, 1.82) is 0 Å². The van der Waals surface area contributed by atoms with E-state index in [1.165, 1.54) is 12.8 Å². The number of aromatic nitrogens is 3. The summed E-state index contributed by atoms with van der Waals surface area (Å²) in [5.74, 6) is 1.85. The van der Waals surface area contributed by atoms with Crippen LogP contribution >= 0.6 is 0 Å². The van der Waals surface area contributed by atoms with Gasteiger partial charge in [-0.05, 0) is 25.0 Å². The molecule has 2 heterocycles. The molecule has 1 aliphatic carbocycles. The van der Waals surface area contributed by atoms with Crippen LogP contribution in [0, 0.1) is 0 Å². The maximum Gasteiger partial charge on any atom is 0.179 e. The maximum atomic E-state index is 5.99. The summed E-state index contributed by atoms with van der Waals surface area (Å²) in [6.45, 7) is 0.658. The summed E-state index contributed by atoms with van der Waals surface area (Å²) in [5.41, 5.74) is 7.79. The van der Waals surface area contributed by atoms with Gasteiger partial charge in [-0.15, -0.1) is 0 Å². The summed E-state index contributed by atoms with van der Waals surface area (Å²) in [6, 6.07) is 3.97. The average molecular weight is 245 g/mol. The summed E-state index contributed by atoms with van der Waals surface area (Å²) < 4.78 is 0. The molecule has 2 aromatic heterocycles. The van der Waals surface area contributed by atoms with E-state index in [0.717, 1.165) is 35.6 Å². The molecule has 1 fully saturated rings. The van der Waals surface area contributed by atoms with Gasteiger partial charge in [0.25, 0.3) is 0 Å². The highest BCUT2D eigenvalue weighted by Crippen LogP contribution is 2.39. The van der Waals surface area contributed by atoms with Gasteiger partial charge in [0, 0.05) is 19.0 Å². The van der Waals surface area contributed by atoms with Gasteiger partial charge in [-0.3, -0.25) is 0 Å². The van der Waals surface area contributed by atoms with Crippen LogP contribution in [0.4, 0.5) is 5.82 Å². The van der Waals surface area contributed by atoms with Crippen molar-refractivity contribution in [3.8, 4) is 0 Å². The van der Waals surface area contributed by atoms with E-state index >= 15 is 0 Å². The van der Waals surface area contributed by atoms with Gasteiger partial charge in [0.2, 0.25) is 0 Å². The molecule has 3 rings (SSSR count). The van der Waals surface area contributed by atoms with E-state index < -0.39 is 0 Å². The van der Waals surface area contributed by atoms with Crippen LogP contribution in [0.15, 0.2) is 12.1 Å². The number of fused-ring (bicyclic) bond motifs is 1. The molecule has 0 aliphatic heterocycles. The molecule has 18 heavy (non-hydrogen) atoms. The fourth-order valence-corrected chi connectivity index (χ4v) is 2.87. The van der Waals surface area contributed by atoms with Gasteiger partial charge < -0.3 is 16.0 Å². The number of aromatic amines is 1. The number of hydrogen-bond acceptors (Lipinski definition) is 4. The molecule has 0 amide bonds. The number of nitrogens with zero attached hydrogens (tertiary/aromatic N) is 2. The SMILES string of the molecule is CNc1ccc2[nH]c(C3(CN)CCCC3)nc2n1. The number of anilines is 1. The van der Waals surface area contributed by atoms with Crippen LogP contribution in [0.3, 0.4) is 0 Å². The molecule has 5 nitrogen and oxygen atoms in total. The second-order valence-corrected chi connectivity index (χ2v) is 5.09. The van der Waals surface area contributed by atoms with E-state index in [-0.39, 0.29) is 5.41 Å². The molecule has 0 spiro atoms. The van der Waals surface area contributed by atoms with Crippen molar-refractivity contribution in [2.75, 3.05) is 18.9 Å². The van der Waals surface area contributed by atoms with Crippen molar-refractivity contribution in [3.05, 3.63) is 18.0 Å². The molecular weight excluding hydrogens is 226 g/mol. The average Bonchev–Trinajstić information content (AvgIpc) is 3.04. The molecule has 1 aliphatic rings. The Hall–Kier alpha value is -1.62. The van der Waals surface area contributed by atoms with Crippen LogP contribution < -0.4 is 11.1 Å². The second-order valence-electron chi connectivity index (χ2n) is 5.09. The van der Waals surface area contributed by atoms with E-state index in [1.807, 2.05) is 19.2 Å². The lowest BCUT2D eigenvalue weighted by Gasteiger charge is -2.24. The number of nitrogens with two attached hydrogens (primary N) is 1. The Labute approximate surface area is 106 Å². The number of rotatable bonds is 3. The van der Waals surface area contributed by atoms with Gasteiger partial charge in [0.05, 0.1) is 5.52 Å². The minimum absolute atomic E-state index is 0.0422. The molecule has 0 atom stereocenters. The van der Waals surface area contributed by atoms with Crippen LogP contribution in [0.5, 0.6) is 0 Å². The van der Waals surface area contributed by atoms with Gasteiger partial charge in [-0.2, -0.15) is 0 Å². The van der Waals surface area contributed by atoms with E-state index in [0.29, 0.717) is 6.54 Å². The van der Waals surface area contributed by atoms with Crippen molar-refractivity contribution in [2.45, 2.75) is 31.1 Å². The highest BCUT2D eigenvalue weighted by Gasteiger charge is 2.37. The zero-order valence-electron chi connectivity index (χ0n) is 10.7. The Bertz CT molecular complexity index is 554. The molecule has 2 aromatic rings. The molecule has 0 aromatic carbocycles. The summed E-state index contributed by atoms with van der Waals surface area (Å²) in [7, 11) is 1.86. The topological polar surface area (TPSA) is 79.6 Å². The summed E-state index contributed by atoms with van der Waals surface area (Å²) in [4.78, 5) is 12.5. The third-order valence-corrected chi connectivity index (χ3v) is 4.06. The van der Waals surface area contributed by atoms with Gasteiger partial charge in [-0.25, -0.2) is 9.97 Å². The van der Waals surface area contributed by atoms with Crippen molar-refractivity contribution in [3.63, 3.8) is 0 Å². The predicted octanol–water partition coefficient (Wildman–Crippen LogP) is 1.77. The summed E-state index contributed by atoms with van der Waals surface area (Å²) in [5, 5.41) is 3.03. The number of H-pyrrole nitrogens is 1. The van der Waals surface area contributed by atoms with Crippen LogP contribution in [0.25, 0.3) is 11.2 Å². The largest absolute Gasteiger partial charge is 0.373 e. The van der Waals surface area contributed by atoms with Crippen LogP contribution in [0.1, 0.15) is 31.5 Å². The van der Waals surface area contributed by atoms with E-state index in [1.54, 1.807) is 0 Å². The van der Waals surface area contributed by atoms with Gasteiger partial charge in [0.1, 0.15) is 11.6 Å². The molecule has 1 saturated carbocycles. The van der Waals surface area contributed by atoms with Crippen LogP contribution in [-0.4, -0.2) is 28.5 Å². The molecule has 0 saturated heterocycles. The zero-order valence-corrected chi connectivity index (χ0v) is 10.7. The second kappa shape index (κ2) is 4.24. The third kappa shape index (κ3) is 1.66. The summed E-state index contributed by atoms with van der Waals surface area (Å²) >= 11 is 0. The molecule has 96 valence electrons. The Morgan fingerprint density at radius 3 is 2.78 bits per heavy atom. The zero-order chi connectivity index (χ0) is 12.6. The summed E-state index contributed by atoms with van der Waals surface area (Å²) in [6.07, 6.45) is 4.73. The minimum atomic E-state index is 0.0422. The lowest BCUT2D eigenvalue weighted by atomic mass is 9.85. The van der Waals surface area contributed by atoms with E-state index in [9.17, 15) is 0 Å². The molecule has 0 unspecified atom stereocenters.